The molecule has 1 rings (SSSR count). The Morgan fingerprint density at radius 3 is 2.46 bits per heavy atom. The highest BCUT2D eigenvalue weighted by Crippen LogP contribution is 2.19. The van der Waals surface area contributed by atoms with Crippen molar-refractivity contribution in [2.24, 2.45) is 11.7 Å². The molecule has 3 amide bonds. The number of carbonyl (C=O) groups is 3. The van der Waals surface area contributed by atoms with Crippen LogP contribution in [-0.4, -0.2) is 60.1 Å². The standard InChI is InChI=1S/C20H38N4O4/c1-14(2)13-23-17(25)16-10-8-12-24(16)18(26)15(21)9-6-7-11-22-19(27)28-20(3,4)5/h14-16H,6-13,21H2,1-5H3,(H,22,27)(H,23,25)/t15-,16-/m0/s1. The molecule has 0 saturated carbocycles. The molecule has 1 aliphatic rings. The number of unbranched alkanes of at least 4 members (excludes halogenated alkanes) is 1. The van der Waals surface area contributed by atoms with E-state index in [1.54, 1.807) is 4.90 Å². The summed E-state index contributed by atoms with van der Waals surface area (Å²) >= 11 is 0. The van der Waals surface area contributed by atoms with Crippen LogP contribution in [0.1, 0.15) is 66.7 Å². The number of nitrogens with one attached hydrogen (secondary N) is 2. The molecule has 0 aliphatic carbocycles. The Hall–Kier alpha value is -1.83. The van der Waals surface area contributed by atoms with Crippen LogP contribution in [0.5, 0.6) is 0 Å². The Balaban J connectivity index is 2.33. The largest absolute Gasteiger partial charge is 0.444 e. The van der Waals surface area contributed by atoms with Gasteiger partial charge in [-0.1, -0.05) is 13.8 Å². The van der Waals surface area contributed by atoms with Crippen molar-refractivity contribution in [1.82, 2.24) is 15.5 Å². The monoisotopic (exact) mass is 398 g/mol. The van der Waals surface area contributed by atoms with E-state index in [2.05, 4.69) is 10.6 Å². The molecule has 0 spiro atoms. The fraction of sp³-hybridized carbons (Fsp3) is 0.850. The first-order valence-electron chi connectivity index (χ1n) is 10.3. The maximum Gasteiger partial charge on any atom is 0.407 e. The highest BCUT2D eigenvalue weighted by molar-refractivity contribution is 5.90. The molecule has 0 aromatic rings. The molecule has 28 heavy (non-hydrogen) atoms. The Kier molecular flexibility index (Phi) is 9.72. The summed E-state index contributed by atoms with van der Waals surface area (Å²) in [7, 11) is 0. The summed E-state index contributed by atoms with van der Waals surface area (Å²) in [5.41, 5.74) is 5.55. The van der Waals surface area contributed by atoms with Gasteiger partial charge in [0, 0.05) is 19.6 Å². The molecule has 1 saturated heterocycles. The molecule has 8 nitrogen and oxygen atoms in total. The molecule has 0 bridgehead atoms. The smallest absolute Gasteiger partial charge is 0.407 e. The average molecular weight is 399 g/mol. The van der Waals surface area contributed by atoms with E-state index in [9.17, 15) is 14.4 Å². The lowest BCUT2D eigenvalue weighted by Gasteiger charge is -2.27. The van der Waals surface area contributed by atoms with Crippen molar-refractivity contribution in [3.63, 3.8) is 0 Å². The average Bonchev–Trinajstić information content (AvgIpc) is 3.06. The van der Waals surface area contributed by atoms with E-state index in [1.807, 2.05) is 34.6 Å². The third-order valence-corrected chi connectivity index (χ3v) is 4.45. The third kappa shape index (κ3) is 8.91. The predicted molar refractivity (Wildman–Crippen MR) is 109 cm³/mol. The van der Waals surface area contributed by atoms with E-state index in [1.165, 1.54) is 0 Å². The number of nitrogens with zero attached hydrogens (tertiary/aromatic N) is 1. The summed E-state index contributed by atoms with van der Waals surface area (Å²) < 4.78 is 5.17. The molecule has 1 heterocycles. The van der Waals surface area contributed by atoms with Gasteiger partial charge in [-0.15, -0.1) is 0 Å². The topological polar surface area (TPSA) is 114 Å². The minimum atomic E-state index is -0.625. The fourth-order valence-electron chi connectivity index (χ4n) is 3.06. The number of likely N-dealkylation sites (tertiary alicyclic amines) is 1. The number of nitrogens with two attached hydrogens (primary N) is 1. The molecule has 0 radical (unpaired) electrons. The quantitative estimate of drug-likeness (QED) is 0.512. The molecule has 0 aromatic heterocycles. The van der Waals surface area contributed by atoms with Crippen molar-refractivity contribution >= 4 is 17.9 Å². The van der Waals surface area contributed by atoms with Crippen LogP contribution < -0.4 is 16.4 Å². The van der Waals surface area contributed by atoms with Crippen LogP contribution in [0.3, 0.4) is 0 Å². The van der Waals surface area contributed by atoms with Crippen molar-refractivity contribution in [3.05, 3.63) is 0 Å². The van der Waals surface area contributed by atoms with Gasteiger partial charge in [-0.05, 0) is 58.8 Å². The molecule has 0 unspecified atom stereocenters. The molecule has 4 N–H and O–H groups in total. The second-order valence-corrected chi connectivity index (χ2v) is 8.86. The van der Waals surface area contributed by atoms with Crippen LogP contribution in [0.4, 0.5) is 4.79 Å². The van der Waals surface area contributed by atoms with E-state index in [-0.39, 0.29) is 11.8 Å². The fourth-order valence-corrected chi connectivity index (χ4v) is 3.06. The number of ether oxygens (including phenoxy) is 1. The Labute approximate surface area is 168 Å². The molecule has 1 fully saturated rings. The van der Waals surface area contributed by atoms with E-state index >= 15 is 0 Å². The zero-order valence-electron chi connectivity index (χ0n) is 18.0. The number of alkyl carbamates (subject to hydrolysis) is 1. The van der Waals surface area contributed by atoms with Gasteiger partial charge in [-0.3, -0.25) is 9.59 Å². The van der Waals surface area contributed by atoms with Gasteiger partial charge in [-0.2, -0.15) is 0 Å². The second-order valence-electron chi connectivity index (χ2n) is 8.86. The van der Waals surface area contributed by atoms with Gasteiger partial charge in [0.2, 0.25) is 11.8 Å². The Morgan fingerprint density at radius 1 is 1.18 bits per heavy atom. The molecule has 0 aromatic carbocycles. The Bertz CT molecular complexity index is 531. The predicted octanol–water partition coefficient (Wildman–Crippen LogP) is 1.77. The van der Waals surface area contributed by atoms with E-state index in [0.29, 0.717) is 51.2 Å². The maximum atomic E-state index is 12.7. The van der Waals surface area contributed by atoms with Gasteiger partial charge in [0.15, 0.2) is 0 Å². The van der Waals surface area contributed by atoms with E-state index in [0.717, 1.165) is 6.42 Å². The van der Waals surface area contributed by atoms with Gasteiger partial charge >= 0.3 is 6.09 Å². The highest BCUT2D eigenvalue weighted by atomic mass is 16.6. The number of amides is 3. The zero-order valence-corrected chi connectivity index (χ0v) is 18.0. The minimum absolute atomic E-state index is 0.0895. The lowest BCUT2D eigenvalue weighted by Crippen LogP contribution is -2.51. The SMILES string of the molecule is CC(C)CNC(=O)[C@@H]1CCCN1C(=O)[C@@H](N)CCCCNC(=O)OC(C)(C)C. The molecule has 162 valence electrons. The number of hydrogen-bond donors (Lipinski definition) is 3. The summed E-state index contributed by atoms with van der Waals surface area (Å²) in [6.45, 7) is 11.2. The van der Waals surface area contributed by atoms with Gasteiger partial charge in [0.1, 0.15) is 11.6 Å². The van der Waals surface area contributed by atoms with Crippen molar-refractivity contribution in [2.45, 2.75) is 84.4 Å². The summed E-state index contributed by atoms with van der Waals surface area (Å²) in [5, 5.41) is 5.60. The Morgan fingerprint density at radius 2 is 1.86 bits per heavy atom. The molecule has 8 heteroatoms. The zero-order chi connectivity index (χ0) is 21.3. The molecule has 2 atom stereocenters. The molecular weight excluding hydrogens is 360 g/mol. The van der Waals surface area contributed by atoms with Crippen LogP contribution in [0.2, 0.25) is 0 Å². The number of rotatable bonds is 9. The summed E-state index contributed by atoms with van der Waals surface area (Å²) in [6, 6.07) is -1.04. The van der Waals surface area contributed by atoms with Crippen LogP contribution in [0.15, 0.2) is 0 Å². The van der Waals surface area contributed by atoms with Gasteiger partial charge < -0.3 is 26.0 Å². The van der Waals surface area contributed by atoms with Gasteiger partial charge in [0.25, 0.3) is 0 Å². The van der Waals surface area contributed by atoms with Crippen molar-refractivity contribution < 1.29 is 19.1 Å². The summed E-state index contributed by atoms with van der Waals surface area (Å²) in [6.07, 6.45) is 2.99. The lowest BCUT2D eigenvalue weighted by atomic mass is 10.1. The lowest BCUT2D eigenvalue weighted by molar-refractivity contribution is -0.139. The second kappa shape index (κ2) is 11.2. The van der Waals surface area contributed by atoms with Crippen LogP contribution >= 0.6 is 0 Å². The number of carbonyl (C=O) groups excluding carboxylic acids is 3. The van der Waals surface area contributed by atoms with Crippen molar-refractivity contribution in [1.29, 1.82) is 0 Å². The maximum absolute atomic E-state index is 12.7. The molecular formula is C20H38N4O4. The first-order chi connectivity index (χ1) is 13.0. The summed E-state index contributed by atoms with van der Waals surface area (Å²) in [5.74, 6) is 0.113. The van der Waals surface area contributed by atoms with E-state index < -0.39 is 23.8 Å². The highest BCUT2D eigenvalue weighted by Gasteiger charge is 2.35. The van der Waals surface area contributed by atoms with Crippen molar-refractivity contribution in [2.75, 3.05) is 19.6 Å². The van der Waals surface area contributed by atoms with Crippen LogP contribution in [-0.2, 0) is 14.3 Å². The number of hydrogen-bond acceptors (Lipinski definition) is 5. The van der Waals surface area contributed by atoms with Crippen molar-refractivity contribution in [3.8, 4) is 0 Å². The minimum Gasteiger partial charge on any atom is -0.444 e. The third-order valence-electron chi connectivity index (χ3n) is 4.45. The van der Waals surface area contributed by atoms with Gasteiger partial charge in [0.05, 0.1) is 6.04 Å². The van der Waals surface area contributed by atoms with E-state index in [4.69, 9.17) is 10.5 Å². The normalized spacial score (nSPS) is 18.1. The molecule has 1 aliphatic heterocycles. The summed E-state index contributed by atoms with van der Waals surface area (Å²) in [4.78, 5) is 38.2. The first-order valence-corrected chi connectivity index (χ1v) is 10.3. The van der Waals surface area contributed by atoms with Gasteiger partial charge in [-0.25, -0.2) is 4.79 Å². The first kappa shape index (κ1) is 24.2. The van der Waals surface area contributed by atoms with Crippen LogP contribution in [0, 0.1) is 5.92 Å². The van der Waals surface area contributed by atoms with Crippen LogP contribution in [0.25, 0.3) is 0 Å².